The van der Waals surface area contributed by atoms with Gasteiger partial charge in [-0.15, -0.1) is 0 Å². The number of aromatic nitrogens is 1. The summed E-state index contributed by atoms with van der Waals surface area (Å²) >= 11 is 4.77. The minimum Gasteiger partial charge on any atom is -0.747 e. The number of esters is 1. The molecule has 0 radical (unpaired) electrons. The number of carbonyl (C=O) groups excluding carboxylic acids is 1. The van der Waals surface area contributed by atoms with Gasteiger partial charge in [-0.2, -0.15) is 4.57 Å². The van der Waals surface area contributed by atoms with Crippen LogP contribution in [-0.4, -0.2) is 44.9 Å². The number of hydrogen-bond donors (Lipinski definition) is 0. The topological polar surface area (TPSA) is 157 Å². The van der Waals surface area contributed by atoms with E-state index >= 15 is 0 Å². The average molecular weight is 698 g/mol. The summed E-state index contributed by atoms with van der Waals surface area (Å²) in [4.78, 5) is 13.7. The molecule has 1 aliphatic heterocycles. The summed E-state index contributed by atoms with van der Waals surface area (Å²) in [6.45, 7) is 1.82. The molecule has 198 valence electrons. The Morgan fingerprint density at radius 3 is 2.54 bits per heavy atom. The number of rotatable bonds is 8. The van der Waals surface area contributed by atoms with Gasteiger partial charge in [-0.05, 0) is 58.9 Å². The van der Waals surface area contributed by atoms with Gasteiger partial charge < -0.3 is 18.6 Å². The number of halogens is 1. The third-order valence-corrected chi connectivity index (χ3v) is 9.40. The second-order valence-corrected chi connectivity index (χ2v) is 14.5. The molecule has 0 bridgehead atoms. The van der Waals surface area contributed by atoms with Crippen molar-refractivity contribution >= 4 is 92.8 Å². The molecule has 0 amide bonds. The monoisotopic (exact) mass is 697 g/mol. The lowest BCUT2D eigenvalue weighted by Crippen LogP contribution is -2.38. The lowest BCUT2D eigenvalue weighted by molar-refractivity contribution is -0.647. The van der Waals surface area contributed by atoms with Crippen LogP contribution in [0.1, 0.15) is 28.7 Å². The molecule has 3 aromatic rings. The van der Waals surface area contributed by atoms with Crippen LogP contribution in [0.3, 0.4) is 0 Å². The highest BCUT2D eigenvalue weighted by Crippen LogP contribution is 2.41. The molecule has 0 unspecified atom stereocenters. The predicted molar refractivity (Wildman–Crippen MR) is 144 cm³/mol. The molecule has 0 aliphatic carbocycles. The number of fused-ring (bicyclic) bond motifs is 2. The lowest BCUT2D eigenvalue weighted by Gasteiger charge is -2.20. The molecule has 0 saturated carbocycles. The number of ether oxygens (including phenoxy) is 2. The van der Waals surface area contributed by atoms with E-state index in [0.29, 0.717) is 21.8 Å². The first-order chi connectivity index (χ1) is 17.3. The van der Waals surface area contributed by atoms with Gasteiger partial charge in [0.1, 0.15) is 20.7 Å². The molecular weight excluding hydrogens is 679 g/mol. The molecule has 1 aliphatic rings. The highest BCUT2D eigenvalue weighted by atomic mass is 127. The van der Waals surface area contributed by atoms with Crippen LogP contribution in [-0.2, 0) is 30.8 Å². The number of methoxy groups -OCH3 is 1. The Morgan fingerprint density at radius 2 is 1.92 bits per heavy atom. The Bertz CT molecular complexity index is 1670. The second kappa shape index (κ2) is 10.6. The number of anilines is 1. The number of carbonyl (C=O) groups is 1. The first-order valence-corrected chi connectivity index (χ1v) is 16.2. The molecule has 2 aromatic heterocycles. The summed E-state index contributed by atoms with van der Waals surface area (Å²) < 4.78 is 83.5. The zero-order chi connectivity index (χ0) is 27.1. The van der Waals surface area contributed by atoms with Gasteiger partial charge in [0, 0.05) is 12.2 Å². The smallest absolute Gasteiger partial charge is 0.337 e. The normalized spacial score (nSPS) is 15.3. The van der Waals surface area contributed by atoms with E-state index in [9.17, 15) is 30.7 Å². The second-order valence-electron chi connectivity index (χ2n) is 7.72. The molecular formula is C21H18IN2O9S4-. The van der Waals surface area contributed by atoms with Crippen LogP contribution < -0.4 is 14.2 Å². The maximum Gasteiger partial charge on any atom is 0.337 e. The quantitative estimate of drug-likeness (QED) is 0.148. The Labute approximate surface area is 234 Å². The van der Waals surface area contributed by atoms with Gasteiger partial charge in [-0.3, -0.25) is 4.90 Å². The standard InChI is InChI=1S/C21H19IN2O9S4/c1-3-12(7-19-24(11-37(29,30)31)20-16(34-19)9-17(22)35-20)6-18-23(10-36(26,27)28)14-8-13(21(25)32-2)4-5-15(14)33-18/h4-9H,3,10-11H2,1-2H3,(H-,26,27,28,29,30,31)/p-1. The van der Waals surface area contributed by atoms with Crippen LogP contribution in [0.15, 0.2) is 41.8 Å². The number of benzene rings is 1. The van der Waals surface area contributed by atoms with E-state index in [0.717, 1.165) is 12.5 Å². The van der Waals surface area contributed by atoms with Crippen LogP contribution in [0.4, 0.5) is 5.69 Å². The summed E-state index contributed by atoms with van der Waals surface area (Å²) in [6.07, 6.45) is 3.62. The third-order valence-electron chi connectivity index (χ3n) is 5.13. The number of thiazole rings is 1. The van der Waals surface area contributed by atoms with Crippen LogP contribution in [0.5, 0.6) is 5.75 Å². The maximum absolute atomic E-state index is 12.0. The molecule has 0 saturated heterocycles. The molecule has 0 spiro atoms. The minimum absolute atomic E-state index is 0.0282. The molecule has 11 nitrogen and oxygen atoms in total. The first kappa shape index (κ1) is 27.9. The fourth-order valence-electron chi connectivity index (χ4n) is 3.56. The number of allylic oxidation sites excluding steroid dienone is 2. The van der Waals surface area contributed by atoms with Crippen LogP contribution in [0, 0.1) is 2.88 Å². The van der Waals surface area contributed by atoms with E-state index in [-0.39, 0.29) is 22.9 Å². The molecule has 3 heterocycles. The molecule has 1 aromatic carbocycles. The molecule has 4 rings (SSSR count). The summed E-state index contributed by atoms with van der Waals surface area (Å²) in [5.41, 5.74) is 0.937. The van der Waals surface area contributed by atoms with E-state index in [1.54, 1.807) is 6.08 Å². The lowest BCUT2D eigenvalue weighted by atomic mass is 10.1. The fraction of sp³-hybridized carbons (Fsp3) is 0.238. The summed E-state index contributed by atoms with van der Waals surface area (Å²) in [6, 6.07) is 6.16. The van der Waals surface area contributed by atoms with Crippen LogP contribution in [0.2, 0.25) is 0 Å². The van der Waals surface area contributed by atoms with E-state index in [1.165, 1.54) is 58.6 Å². The van der Waals surface area contributed by atoms with Crippen molar-refractivity contribution in [1.29, 1.82) is 0 Å². The Kier molecular flexibility index (Phi) is 7.99. The zero-order valence-electron chi connectivity index (χ0n) is 19.2. The molecule has 0 fully saturated rings. The number of hydrogen-bond acceptors (Lipinski definition) is 12. The molecule has 0 atom stereocenters. The van der Waals surface area contributed by atoms with Gasteiger partial charge in [0.25, 0.3) is 9.84 Å². The van der Waals surface area contributed by atoms with Gasteiger partial charge in [0.2, 0.25) is 11.8 Å². The van der Waals surface area contributed by atoms with Crippen molar-refractivity contribution in [2.45, 2.75) is 19.2 Å². The molecule has 16 heteroatoms. The van der Waals surface area contributed by atoms with Crippen molar-refractivity contribution in [2.75, 3.05) is 17.9 Å². The Balaban J connectivity index is 1.80. The Hall–Kier alpha value is -2.09. The van der Waals surface area contributed by atoms with E-state index < -0.39 is 38.0 Å². The predicted octanol–water partition coefficient (Wildman–Crippen LogP) is 3.18. The van der Waals surface area contributed by atoms with E-state index in [2.05, 4.69) is 22.6 Å². The first-order valence-electron chi connectivity index (χ1n) is 10.4. The fourth-order valence-corrected chi connectivity index (χ4v) is 8.29. The largest absolute Gasteiger partial charge is 0.747 e. The Morgan fingerprint density at radius 1 is 1.19 bits per heavy atom. The van der Waals surface area contributed by atoms with Gasteiger partial charge in [0.05, 0.1) is 21.2 Å². The van der Waals surface area contributed by atoms with Crippen molar-refractivity contribution < 1.29 is 44.8 Å². The zero-order valence-corrected chi connectivity index (χ0v) is 24.6. The van der Waals surface area contributed by atoms with Crippen molar-refractivity contribution in [3.63, 3.8) is 0 Å². The third kappa shape index (κ3) is 6.50. The highest BCUT2D eigenvalue weighted by Gasteiger charge is 2.30. The van der Waals surface area contributed by atoms with Crippen molar-refractivity contribution in [3.8, 4) is 5.75 Å². The van der Waals surface area contributed by atoms with Gasteiger partial charge in [0.15, 0.2) is 15.9 Å². The summed E-state index contributed by atoms with van der Waals surface area (Å²) in [5, 5.41) is 0.497. The molecule has 0 N–H and O–H groups in total. The van der Waals surface area contributed by atoms with Crippen molar-refractivity contribution in [1.82, 2.24) is 0 Å². The van der Waals surface area contributed by atoms with Crippen LogP contribution >= 0.6 is 45.3 Å². The van der Waals surface area contributed by atoms with Gasteiger partial charge >= 0.3 is 5.97 Å². The van der Waals surface area contributed by atoms with E-state index in [1.807, 2.05) is 13.0 Å². The maximum atomic E-state index is 12.0. The van der Waals surface area contributed by atoms with Gasteiger partial charge in [-0.25, -0.2) is 21.6 Å². The average Bonchev–Trinajstić information content (AvgIpc) is 3.42. The van der Waals surface area contributed by atoms with Crippen molar-refractivity contribution in [3.05, 3.63) is 55.3 Å². The summed E-state index contributed by atoms with van der Waals surface area (Å²) in [5.74, 6) is -2.08. The minimum atomic E-state index is -4.75. The number of thiophene rings is 1. The molecule has 37 heavy (non-hydrogen) atoms. The van der Waals surface area contributed by atoms with Crippen molar-refractivity contribution in [2.24, 2.45) is 0 Å². The number of nitrogens with zero attached hydrogens (tertiary/aromatic N) is 2. The summed E-state index contributed by atoms with van der Waals surface area (Å²) in [7, 11) is -8.13. The SMILES string of the molecule is CCC(/C=C1\Oc2ccc(C(=O)OC)cc2N1CS(=O)(=O)[O-])=C\c1sc2cc(I)sc2[n+]1CS(=O)(=O)[O-]. The van der Waals surface area contributed by atoms with E-state index in [4.69, 9.17) is 9.47 Å². The van der Waals surface area contributed by atoms with Gasteiger partial charge in [-0.1, -0.05) is 29.6 Å². The highest BCUT2D eigenvalue weighted by molar-refractivity contribution is 14.1. The van der Waals surface area contributed by atoms with Crippen LogP contribution in [0.25, 0.3) is 15.6 Å².